The molecule has 1 aromatic rings. The summed E-state index contributed by atoms with van der Waals surface area (Å²) >= 11 is 1.59. The van der Waals surface area contributed by atoms with E-state index in [0.717, 1.165) is 75.6 Å². The van der Waals surface area contributed by atoms with Gasteiger partial charge in [-0.3, -0.25) is 9.59 Å². The quantitative estimate of drug-likeness (QED) is 0.791. The number of hydrogen-bond acceptors (Lipinski definition) is 5. The fourth-order valence-corrected chi connectivity index (χ4v) is 5.31. The Morgan fingerprint density at radius 1 is 1.37 bits per heavy atom. The summed E-state index contributed by atoms with van der Waals surface area (Å²) in [5.74, 6) is 0.451. The van der Waals surface area contributed by atoms with Gasteiger partial charge in [-0.25, -0.2) is 4.98 Å². The van der Waals surface area contributed by atoms with Crippen LogP contribution in [0.5, 0.6) is 0 Å². The van der Waals surface area contributed by atoms with Crippen LogP contribution in [-0.2, 0) is 20.7 Å². The molecule has 0 radical (unpaired) electrons. The van der Waals surface area contributed by atoms with E-state index in [4.69, 9.17) is 4.74 Å². The van der Waals surface area contributed by atoms with Crippen molar-refractivity contribution in [2.24, 2.45) is 5.41 Å². The monoisotopic (exact) mass is 391 g/mol. The molecule has 4 heterocycles. The molecule has 4 rings (SSSR count). The highest BCUT2D eigenvalue weighted by atomic mass is 32.1. The van der Waals surface area contributed by atoms with Gasteiger partial charge in [0.25, 0.3) is 0 Å². The minimum atomic E-state index is 0.179. The van der Waals surface area contributed by atoms with Crippen LogP contribution in [0.15, 0.2) is 5.38 Å². The van der Waals surface area contributed by atoms with Gasteiger partial charge in [0.2, 0.25) is 11.8 Å². The van der Waals surface area contributed by atoms with Crippen molar-refractivity contribution in [3.63, 3.8) is 0 Å². The Kier molecular flexibility index (Phi) is 5.50. The third kappa shape index (κ3) is 4.35. The van der Waals surface area contributed by atoms with Gasteiger partial charge in [0.1, 0.15) is 0 Å². The van der Waals surface area contributed by atoms with Crippen LogP contribution in [0.3, 0.4) is 0 Å². The Labute approximate surface area is 164 Å². The largest absolute Gasteiger partial charge is 0.376 e. The lowest BCUT2D eigenvalue weighted by atomic mass is 9.72. The van der Waals surface area contributed by atoms with E-state index in [0.29, 0.717) is 12.8 Å². The van der Waals surface area contributed by atoms with Crippen LogP contribution >= 0.6 is 11.3 Å². The molecule has 3 fully saturated rings. The van der Waals surface area contributed by atoms with Crippen LogP contribution < -0.4 is 0 Å². The highest BCUT2D eigenvalue weighted by molar-refractivity contribution is 7.09. The lowest BCUT2D eigenvalue weighted by Crippen LogP contribution is -2.53. The highest BCUT2D eigenvalue weighted by Gasteiger charge is 2.42. The van der Waals surface area contributed by atoms with E-state index < -0.39 is 0 Å². The van der Waals surface area contributed by atoms with Crippen molar-refractivity contribution in [2.45, 2.75) is 58.0 Å². The summed E-state index contributed by atoms with van der Waals surface area (Å²) < 4.78 is 5.73. The van der Waals surface area contributed by atoms with Crippen molar-refractivity contribution >= 4 is 23.2 Å². The van der Waals surface area contributed by atoms with Gasteiger partial charge < -0.3 is 14.5 Å². The molecular formula is C20H29N3O3S. The number of carbonyl (C=O) groups is 2. The summed E-state index contributed by atoms with van der Waals surface area (Å²) in [6.07, 6.45) is 6.37. The number of aromatic nitrogens is 1. The molecule has 1 unspecified atom stereocenters. The smallest absolute Gasteiger partial charge is 0.228 e. The summed E-state index contributed by atoms with van der Waals surface area (Å²) in [5, 5.41) is 2.99. The van der Waals surface area contributed by atoms with E-state index in [1.807, 2.05) is 22.1 Å². The minimum absolute atomic E-state index is 0.179. The molecule has 0 aromatic carbocycles. The molecule has 7 heteroatoms. The molecule has 1 atom stereocenters. The van der Waals surface area contributed by atoms with Crippen LogP contribution in [0.25, 0.3) is 0 Å². The standard InChI is InChI=1S/C20H29N3O3S/c1-15-21-16(13-27-15)11-19(25)22-8-6-20(7-9-22)5-4-18(24)23(14-20)12-17-3-2-10-26-17/h13,17H,2-12,14H2,1H3. The van der Waals surface area contributed by atoms with Gasteiger partial charge in [-0.05, 0) is 44.4 Å². The number of piperidine rings is 2. The van der Waals surface area contributed by atoms with E-state index in [9.17, 15) is 9.59 Å². The average Bonchev–Trinajstić information content (AvgIpc) is 3.31. The first-order valence-corrected chi connectivity index (χ1v) is 11.0. The topological polar surface area (TPSA) is 62.7 Å². The zero-order valence-electron chi connectivity index (χ0n) is 16.1. The van der Waals surface area contributed by atoms with Crippen molar-refractivity contribution in [1.29, 1.82) is 0 Å². The first-order valence-electron chi connectivity index (χ1n) is 10.1. The molecular weight excluding hydrogens is 362 g/mol. The lowest BCUT2D eigenvalue weighted by molar-refractivity contribution is -0.143. The van der Waals surface area contributed by atoms with Crippen LogP contribution in [-0.4, -0.2) is 65.5 Å². The van der Waals surface area contributed by atoms with E-state index >= 15 is 0 Å². The fraction of sp³-hybridized carbons (Fsp3) is 0.750. The van der Waals surface area contributed by atoms with Crippen LogP contribution in [0.2, 0.25) is 0 Å². The molecule has 6 nitrogen and oxygen atoms in total. The highest BCUT2D eigenvalue weighted by Crippen LogP contribution is 2.40. The van der Waals surface area contributed by atoms with Crippen molar-refractivity contribution in [3.8, 4) is 0 Å². The Morgan fingerprint density at radius 3 is 2.85 bits per heavy atom. The molecule has 0 saturated carbocycles. The number of ether oxygens (including phenoxy) is 1. The van der Waals surface area contributed by atoms with Gasteiger partial charge in [0.05, 0.1) is 23.2 Å². The predicted octanol–water partition coefficient (Wildman–Crippen LogP) is 2.40. The maximum absolute atomic E-state index is 12.6. The summed E-state index contributed by atoms with van der Waals surface area (Å²) in [6, 6.07) is 0. The predicted molar refractivity (Wildman–Crippen MR) is 104 cm³/mol. The van der Waals surface area contributed by atoms with Crippen molar-refractivity contribution < 1.29 is 14.3 Å². The third-order valence-corrected chi connectivity index (χ3v) is 7.19. The molecule has 1 aromatic heterocycles. The Hall–Kier alpha value is -1.47. The number of amides is 2. The van der Waals surface area contributed by atoms with Gasteiger partial charge in [-0.2, -0.15) is 0 Å². The number of carbonyl (C=O) groups excluding carboxylic acids is 2. The fourth-order valence-electron chi connectivity index (χ4n) is 4.70. The second-order valence-electron chi connectivity index (χ2n) is 8.32. The molecule has 0 bridgehead atoms. The van der Waals surface area contributed by atoms with E-state index in [1.54, 1.807) is 11.3 Å². The number of hydrogen-bond donors (Lipinski definition) is 0. The summed E-state index contributed by atoms with van der Waals surface area (Å²) in [6.45, 7) is 5.96. The lowest BCUT2D eigenvalue weighted by Gasteiger charge is -2.47. The zero-order valence-corrected chi connectivity index (χ0v) is 16.9. The van der Waals surface area contributed by atoms with Crippen molar-refractivity contribution in [3.05, 3.63) is 16.1 Å². The molecule has 3 saturated heterocycles. The second-order valence-corrected chi connectivity index (χ2v) is 9.39. The number of nitrogens with zero attached hydrogens (tertiary/aromatic N) is 3. The third-order valence-electron chi connectivity index (χ3n) is 6.37. The molecule has 1 spiro atoms. The van der Waals surface area contributed by atoms with Gasteiger partial charge >= 0.3 is 0 Å². The van der Waals surface area contributed by atoms with Gasteiger partial charge in [-0.1, -0.05) is 0 Å². The Bertz CT molecular complexity index is 690. The van der Waals surface area contributed by atoms with E-state index in [-0.39, 0.29) is 23.3 Å². The Balaban J connectivity index is 1.31. The van der Waals surface area contributed by atoms with Crippen molar-refractivity contribution in [2.75, 3.05) is 32.8 Å². The number of aryl methyl sites for hydroxylation is 1. The first-order chi connectivity index (χ1) is 13.0. The molecule has 2 amide bonds. The van der Waals surface area contributed by atoms with Crippen LogP contribution in [0.1, 0.15) is 49.2 Å². The molecule has 148 valence electrons. The molecule has 0 aliphatic carbocycles. The average molecular weight is 392 g/mol. The summed E-state index contributed by atoms with van der Waals surface area (Å²) in [5.41, 5.74) is 1.06. The maximum Gasteiger partial charge on any atom is 0.228 e. The van der Waals surface area contributed by atoms with Crippen LogP contribution in [0, 0.1) is 12.3 Å². The number of likely N-dealkylation sites (tertiary alicyclic amines) is 2. The van der Waals surface area contributed by atoms with Crippen LogP contribution in [0.4, 0.5) is 0 Å². The normalized spacial score (nSPS) is 25.4. The van der Waals surface area contributed by atoms with Gasteiger partial charge in [0, 0.05) is 44.6 Å². The zero-order chi connectivity index (χ0) is 18.9. The Morgan fingerprint density at radius 2 is 2.19 bits per heavy atom. The maximum atomic E-state index is 12.6. The second kappa shape index (κ2) is 7.87. The number of thiazole rings is 1. The summed E-state index contributed by atoms with van der Waals surface area (Å²) in [7, 11) is 0. The molecule has 3 aliphatic rings. The minimum Gasteiger partial charge on any atom is -0.376 e. The SMILES string of the molecule is Cc1nc(CC(=O)N2CCC3(CCC(=O)N(CC4CCCO4)C3)CC2)cs1. The molecule has 3 aliphatic heterocycles. The first kappa shape index (κ1) is 18.9. The number of rotatable bonds is 4. The van der Waals surface area contributed by atoms with E-state index in [2.05, 4.69) is 4.98 Å². The summed E-state index contributed by atoms with van der Waals surface area (Å²) in [4.78, 5) is 33.4. The van der Waals surface area contributed by atoms with Gasteiger partial charge in [0.15, 0.2) is 0 Å². The van der Waals surface area contributed by atoms with E-state index in [1.165, 1.54) is 0 Å². The molecule has 0 N–H and O–H groups in total. The van der Waals surface area contributed by atoms with Gasteiger partial charge in [-0.15, -0.1) is 11.3 Å². The molecule has 27 heavy (non-hydrogen) atoms. The van der Waals surface area contributed by atoms with Crippen molar-refractivity contribution in [1.82, 2.24) is 14.8 Å².